The van der Waals surface area contributed by atoms with Gasteiger partial charge in [0.25, 0.3) is 5.69 Å². The summed E-state index contributed by atoms with van der Waals surface area (Å²) in [5, 5.41) is 22.4. The van der Waals surface area contributed by atoms with Crippen LogP contribution in [0.1, 0.15) is 253 Å². The summed E-state index contributed by atoms with van der Waals surface area (Å²) in [5.74, 6) is 7.57. The molecule has 0 aliphatic carbocycles. The smallest absolute Gasteiger partial charge is 0.343 e. The van der Waals surface area contributed by atoms with E-state index >= 15 is 0 Å². The molecule has 94 heavy (non-hydrogen) atoms. The van der Waals surface area contributed by atoms with Crippen molar-refractivity contribution in [3.05, 3.63) is 154 Å². The van der Waals surface area contributed by atoms with Crippen LogP contribution in [0.3, 0.4) is 0 Å². The molecule has 2 atom stereocenters. The Morgan fingerprint density at radius 2 is 0.862 bits per heavy atom. The van der Waals surface area contributed by atoms with Crippen LogP contribution < -0.4 is 33.3 Å². The van der Waals surface area contributed by atoms with Crippen molar-refractivity contribution in [2.45, 2.75) is 234 Å². The van der Waals surface area contributed by atoms with Crippen LogP contribution in [0.2, 0.25) is 0 Å². The van der Waals surface area contributed by atoms with Gasteiger partial charge < -0.3 is 33.3 Å². The van der Waals surface area contributed by atoms with Crippen LogP contribution in [0.15, 0.2) is 132 Å². The van der Waals surface area contributed by atoms with Crippen LogP contribution in [-0.2, 0) is 0 Å². The molecular weight excluding hydrogens is 1180 g/mol. The molecule has 0 saturated carbocycles. The summed E-state index contributed by atoms with van der Waals surface area (Å²) in [7, 11) is 3.78. The highest BCUT2D eigenvalue weighted by molar-refractivity contribution is 5.93. The molecule has 0 spiro atoms. The molecule has 0 heterocycles. The van der Waals surface area contributed by atoms with Gasteiger partial charge in [0.05, 0.1) is 53.2 Å². The summed E-state index contributed by atoms with van der Waals surface area (Å²) in [6, 6.07) is 35.1. The Balaban J connectivity index is 1.22. The number of ether oxygens (including phenoxy) is 6. The standard InChI is InChI=1S/C80H106N4O10/c1-9-13-17-21-23-25-26-28-30-34-56-90-70-51-53-71(54-52-70)93-79(85)66-40-37-63(38-41-66)39-42-68-57-72(76(59-74(68)84(87)88)91-61(5)35-31-19-15-11-3)81-82-73-58-78(92-62(6)36-32-20-16-12-4)75(83(7)8)60-77(73)94-80(86)67-45-43-64(44-46-67)65-47-49-69(50-48-65)89-55-33-29-27-24-22-18-14-10-2/h37-38,40-41,43-54,57-62H,9-36,55-56H2,1-8H3/t61-,62-/m0/s1. The molecule has 6 aromatic rings. The number of esters is 2. The number of hydrogen-bond donors (Lipinski definition) is 0. The van der Waals surface area contributed by atoms with Gasteiger partial charge in [0, 0.05) is 31.8 Å². The third-order valence-corrected chi connectivity index (χ3v) is 16.7. The molecule has 0 unspecified atom stereocenters. The maximum absolute atomic E-state index is 14.2. The lowest BCUT2D eigenvalue weighted by molar-refractivity contribution is -0.385. The maximum atomic E-state index is 14.2. The van der Waals surface area contributed by atoms with E-state index in [1.54, 1.807) is 72.8 Å². The lowest BCUT2D eigenvalue weighted by atomic mass is 10.0. The monoisotopic (exact) mass is 1280 g/mol. The van der Waals surface area contributed by atoms with Gasteiger partial charge in [-0.25, -0.2) is 9.59 Å². The third kappa shape index (κ3) is 27.0. The second-order valence-corrected chi connectivity index (χ2v) is 25.1. The first-order valence-corrected chi connectivity index (χ1v) is 35.3. The van der Waals surface area contributed by atoms with Gasteiger partial charge in [0.15, 0.2) is 11.5 Å². The van der Waals surface area contributed by atoms with Crippen molar-refractivity contribution in [3.63, 3.8) is 0 Å². The van der Waals surface area contributed by atoms with Crippen molar-refractivity contribution >= 4 is 34.7 Å². The van der Waals surface area contributed by atoms with E-state index in [2.05, 4.69) is 39.5 Å². The third-order valence-electron chi connectivity index (χ3n) is 16.7. The number of nitrogens with zero attached hydrogens (tertiary/aromatic N) is 4. The number of nitro groups is 1. The van der Waals surface area contributed by atoms with E-state index in [1.807, 2.05) is 69.2 Å². The number of benzene rings is 6. The molecule has 14 nitrogen and oxygen atoms in total. The van der Waals surface area contributed by atoms with Crippen LogP contribution in [0.25, 0.3) is 11.1 Å². The Kier molecular flexibility index (Phi) is 34.2. The molecule has 0 saturated heterocycles. The fourth-order valence-corrected chi connectivity index (χ4v) is 11.0. The first kappa shape index (κ1) is 74.9. The normalized spacial score (nSPS) is 11.8. The van der Waals surface area contributed by atoms with Crippen LogP contribution in [0.5, 0.6) is 34.5 Å². The number of hydrogen-bond acceptors (Lipinski definition) is 13. The van der Waals surface area contributed by atoms with Crippen molar-refractivity contribution < 1.29 is 42.9 Å². The highest BCUT2D eigenvalue weighted by Crippen LogP contribution is 2.43. The zero-order valence-electron chi connectivity index (χ0n) is 57.8. The van der Waals surface area contributed by atoms with Gasteiger partial charge in [-0.3, -0.25) is 10.1 Å². The first-order chi connectivity index (χ1) is 45.8. The van der Waals surface area contributed by atoms with Crippen LogP contribution in [0.4, 0.5) is 22.7 Å². The van der Waals surface area contributed by atoms with Crippen molar-refractivity contribution in [2.24, 2.45) is 10.2 Å². The van der Waals surface area contributed by atoms with Crippen molar-refractivity contribution in [1.82, 2.24) is 0 Å². The Labute approximate surface area is 562 Å². The predicted octanol–water partition coefficient (Wildman–Crippen LogP) is 22.9. The van der Waals surface area contributed by atoms with E-state index in [-0.39, 0.29) is 46.3 Å². The minimum Gasteiger partial charge on any atom is -0.494 e. The number of anilines is 1. The molecule has 0 aliphatic rings. The summed E-state index contributed by atoms with van der Waals surface area (Å²) >= 11 is 0. The molecule has 0 bridgehead atoms. The molecule has 0 aromatic heterocycles. The van der Waals surface area contributed by atoms with E-state index in [9.17, 15) is 19.7 Å². The van der Waals surface area contributed by atoms with Crippen molar-refractivity contribution in [1.29, 1.82) is 0 Å². The Hall–Kier alpha value is -8.18. The second-order valence-electron chi connectivity index (χ2n) is 25.1. The average molecular weight is 1280 g/mol. The molecule has 0 fully saturated rings. The van der Waals surface area contributed by atoms with Crippen LogP contribution >= 0.6 is 0 Å². The van der Waals surface area contributed by atoms with Gasteiger partial charge in [-0.1, -0.05) is 205 Å². The molecule has 6 aromatic carbocycles. The number of rotatable bonds is 45. The molecule has 0 radical (unpaired) electrons. The van der Waals surface area contributed by atoms with Gasteiger partial charge >= 0.3 is 11.9 Å². The van der Waals surface area contributed by atoms with Crippen molar-refractivity contribution in [3.8, 4) is 57.5 Å². The van der Waals surface area contributed by atoms with Gasteiger partial charge in [0.2, 0.25) is 0 Å². The molecule has 506 valence electrons. The van der Waals surface area contributed by atoms with Gasteiger partial charge in [-0.2, -0.15) is 0 Å². The SMILES string of the molecule is CCCCCCCCCCCCOc1ccc(OC(=O)c2ccc(C#Cc3cc(N=Nc4cc(O[C@@H](C)CCCCCC)c(N(C)C)cc4OC(=O)c4ccc(-c5ccc(OCCCCCCCCCC)cc5)cc4)c(O[C@@H](C)CCCCCC)cc3[N+](=O)[O-])cc2)cc1. The molecule has 6 rings (SSSR count). The number of carbonyl (C=O) groups is 2. The van der Waals surface area contributed by atoms with E-state index < -0.39 is 16.9 Å². The fraction of sp³-hybridized carbons (Fsp3) is 0.500. The Morgan fingerprint density at radius 3 is 1.34 bits per heavy atom. The van der Waals surface area contributed by atoms with Gasteiger partial charge in [-0.05, 0) is 142 Å². The largest absolute Gasteiger partial charge is 0.494 e. The quantitative estimate of drug-likeness (QED) is 0.00681. The van der Waals surface area contributed by atoms with Crippen LogP contribution in [0, 0.1) is 22.0 Å². The van der Waals surface area contributed by atoms with E-state index in [1.165, 1.54) is 108 Å². The first-order valence-electron chi connectivity index (χ1n) is 35.3. The number of nitro benzene ring substituents is 1. The number of carbonyl (C=O) groups excluding carboxylic acids is 2. The zero-order chi connectivity index (χ0) is 67.1. The summed E-state index contributed by atoms with van der Waals surface area (Å²) < 4.78 is 37.1. The lowest BCUT2D eigenvalue weighted by Gasteiger charge is -2.23. The Morgan fingerprint density at radius 1 is 0.457 bits per heavy atom. The number of unbranched alkanes of at least 4 members (excludes halogenated alkanes) is 22. The predicted molar refractivity (Wildman–Crippen MR) is 382 cm³/mol. The summed E-state index contributed by atoms with van der Waals surface area (Å²) in [4.78, 5) is 41.8. The van der Waals surface area contributed by atoms with Gasteiger partial charge in [-0.15, -0.1) is 10.2 Å². The molecule has 0 N–H and O–H groups in total. The highest BCUT2D eigenvalue weighted by atomic mass is 16.6. The van der Waals surface area contributed by atoms with Crippen molar-refractivity contribution in [2.75, 3.05) is 32.2 Å². The maximum Gasteiger partial charge on any atom is 0.343 e. The summed E-state index contributed by atoms with van der Waals surface area (Å²) in [5.41, 5.74) is 3.80. The zero-order valence-corrected chi connectivity index (χ0v) is 57.8. The highest BCUT2D eigenvalue weighted by Gasteiger charge is 2.23. The topological polar surface area (TPSA) is 161 Å². The average Bonchev–Trinajstić information content (AvgIpc) is 0.896. The minimum absolute atomic E-state index is 0.0543. The number of azo groups is 1. The Bertz CT molecular complexity index is 3280. The molecule has 14 heteroatoms. The van der Waals surface area contributed by atoms with Gasteiger partial charge in [0.1, 0.15) is 39.9 Å². The van der Waals surface area contributed by atoms with Crippen LogP contribution in [-0.4, -0.2) is 56.4 Å². The van der Waals surface area contributed by atoms with E-state index in [0.29, 0.717) is 53.5 Å². The molecular formula is C80H106N4O10. The van der Waals surface area contributed by atoms with E-state index in [4.69, 9.17) is 38.6 Å². The lowest BCUT2D eigenvalue weighted by Crippen LogP contribution is -2.16. The fourth-order valence-electron chi connectivity index (χ4n) is 11.0. The minimum atomic E-state index is -0.612. The summed E-state index contributed by atoms with van der Waals surface area (Å²) in [6.07, 6.45) is 32.0. The van der Waals surface area contributed by atoms with E-state index in [0.717, 1.165) is 99.7 Å². The summed E-state index contributed by atoms with van der Waals surface area (Å²) in [6.45, 7) is 14.1. The molecule has 0 amide bonds. The second kappa shape index (κ2) is 42.9. The molecule has 0 aliphatic heterocycles.